The van der Waals surface area contributed by atoms with Crippen LogP contribution in [-0.4, -0.2) is 18.9 Å². The molecule has 2 rings (SSSR count). The Morgan fingerprint density at radius 1 is 1.04 bits per heavy atom. The summed E-state index contributed by atoms with van der Waals surface area (Å²) in [6.45, 7) is 1.31. The topological polar surface area (TPSA) is 67.4 Å². The molecule has 2 aromatic carbocycles. The average molecular weight is 320 g/mol. The zero-order chi connectivity index (χ0) is 17.0. The fourth-order valence-corrected chi connectivity index (χ4v) is 1.94. The van der Waals surface area contributed by atoms with E-state index in [0.29, 0.717) is 5.75 Å². The number of hydrogen-bond donors (Lipinski definition) is 2. The van der Waals surface area contributed by atoms with Crippen molar-refractivity contribution in [2.45, 2.75) is 6.92 Å². The van der Waals surface area contributed by atoms with E-state index in [0.717, 1.165) is 12.1 Å². The summed E-state index contributed by atoms with van der Waals surface area (Å²) >= 11 is 0. The van der Waals surface area contributed by atoms with Gasteiger partial charge in [0, 0.05) is 12.5 Å². The van der Waals surface area contributed by atoms with Gasteiger partial charge in [0.05, 0.1) is 12.8 Å². The van der Waals surface area contributed by atoms with Gasteiger partial charge in [0.2, 0.25) is 5.91 Å². The van der Waals surface area contributed by atoms with E-state index < -0.39 is 23.2 Å². The van der Waals surface area contributed by atoms with Crippen LogP contribution in [0.1, 0.15) is 17.3 Å². The number of anilines is 2. The normalized spacial score (nSPS) is 10.1. The maximum atomic E-state index is 13.6. The van der Waals surface area contributed by atoms with E-state index >= 15 is 0 Å². The van der Waals surface area contributed by atoms with Crippen LogP contribution in [0, 0.1) is 11.6 Å². The summed E-state index contributed by atoms with van der Waals surface area (Å²) < 4.78 is 32.2. The van der Waals surface area contributed by atoms with Gasteiger partial charge >= 0.3 is 0 Å². The van der Waals surface area contributed by atoms with Crippen LogP contribution in [0.2, 0.25) is 0 Å². The van der Waals surface area contributed by atoms with E-state index in [2.05, 4.69) is 10.6 Å². The molecule has 120 valence electrons. The average Bonchev–Trinajstić information content (AvgIpc) is 2.50. The van der Waals surface area contributed by atoms with Gasteiger partial charge in [-0.3, -0.25) is 9.59 Å². The van der Waals surface area contributed by atoms with Crippen molar-refractivity contribution in [3.05, 3.63) is 53.6 Å². The molecule has 2 N–H and O–H groups in total. The lowest BCUT2D eigenvalue weighted by Crippen LogP contribution is -2.15. The molecule has 0 unspecified atom stereocenters. The second kappa shape index (κ2) is 6.87. The zero-order valence-corrected chi connectivity index (χ0v) is 12.4. The Labute approximate surface area is 131 Å². The Morgan fingerprint density at radius 3 is 2.26 bits per heavy atom. The highest BCUT2D eigenvalue weighted by Crippen LogP contribution is 2.26. The van der Waals surface area contributed by atoms with Gasteiger partial charge in [-0.05, 0) is 30.3 Å². The number of para-hydroxylation sites is 1. The van der Waals surface area contributed by atoms with Crippen LogP contribution in [-0.2, 0) is 4.79 Å². The Balaban J connectivity index is 2.31. The molecule has 0 bridgehead atoms. The lowest BCUT2D eigenvalue weighted by atomic mass is 10.1. The Bertz CT molecular complexity index is 743. The summed E-state index contributed by atoms with van der Waals surface area (Å²) in [5.41, 5.74) is -0.145. The quantitative estimate of drug-likeness (QED) is 0.909. The third kappa shape index (κ3) is 3.82. The first-order chi connectivity index (χ1) is 10.9. The van der Waals surface area contributed by atoms with Crippen molar-refractivity contribution in [1.29, 1.82) is 0 Å². The number of carbonyl (C=O) groups excluding carboxylic acids is 2. The monoisotopic (exact) mass is 320 g/mol. The van der Waals surface area contributed by atoms with E-state index in [4.69, 9.17) is 4.74 Å². The van der Waals surface area contributed by atoms with Crippen LogP contribution in [0.3, 0.4) is 0 Å². The van der Waals surface area contributed by atoms with Crippen molar-refractivity contribution < 1.29 is 23.1 Å². The number of ether oxygens (including phenoxy) is 1. The molecule has 0 radical (unpaired) electrons. The van der Waals surface area contributed by atoms with Gasteiger partial charge < -0.3 is 15.4 Å². The summed E-state index contributed by atoms with van der Waals surface area (Å²) in [4.78, 5) is 23.3. The second-order valence-corrected chi connectivity index (χ2v) is 4.65. The van der Waals surface area contributed by atoms with Crippen molar-refractivity contribution >= 4 is 23.2 Å². The molecule has 0 heterocycles. The smallest absolute Gasteiger partial charge is 0.255 e. The van der Waals surface area contributed by atoms with Crippen LogP contribution in [0.25, 0.3) is 0 Å². The summed E-state index contributed by atoms with van der Waals surface area (Å²) in [5, 5.41) is 4.68. The van der Waals surface area contributed by atoms with E-state index in [1.807, 2.05) is 0 Å². The predicted molar refractivity (Wildman–Crippen MR) is 81.6 cm³/mol. The Hall–Kier alpha value is -2.96. The molecule has 23 heavy (non-hydrogen) atoms. The van der Waals surface area contributed by atoms with Gasteiger partial charge in [-0.1, -0.05) is 6.07 Å². The van der Waals surface area contributed by atoms with E-state index in [-0.39, 0.29) is 17.2 Å². The summed E-state index contributed by atoms with van der Waals surface area (Å²) in [6, 6.07) is 7.51. The van der Waals surface area contributed by atoms with Gasteiger partial charge in [0.15, 0.2) is 0 Å². The van der Waals surface area contributed by atoms with Gasteiger partial charge in [0.25, 0.3) is 5.91 Å². The largest absolute Gasteiger partial charge is 0.495 e. The molecule has 0 fully saturated rings. The fourth-order valence-electron chi connectivity index (χ4n) is 1.94. The number of rotatable bonds is 4. The van der Waals surface area contributed by atoms with E-state index in [1.165, 1.54) is 38.3 Å². The minimum absolute atomic E-state index is 0.109. The fraction of sp³-hybridized carbons (Fsp3) is 0.125. The highest BCUT2D eigenvalue weighted by Gasteiger charge is 2.15. The number of benzene rings is 2. The van der Waals surface area contributed by atoms with Gasteiger partial charge in [0.1, 0.15) is 23.1 Å². The molecule has 2 amide bonds. The van der Waals surface area contributed by atoms with E-state index in [9.17, 15) is 18.4 Å². The van der Waals surface area contributed by atoms with Crippen LogP contribution < -0.4 is 15.4 Å². The van der Waals surface area contributed by atoms with E-state index in [1.54, 1.807) is 0 Å². The summed E-state index contributed by atoms with van der Waals surface area (Å²) in [5.74, 6) is -2.47. The molecule has 0 saturated carbocycles. The molecule has 0 atom stereocenters. The van der Waals surface area contributed by atoms with Gasteiger partial charge in [-0.25, -0.2) is 8.78 Å². The number of hydrogen-bond acceptors (Lipinski definition) is 3. The van der Waals surface area contributed by atoms with Crippen LogP contribution >= 0.6 is 0 Å². The molecule has 7 heteroatoms. The second-order valence-electron chi connectivity index (χ2n) is 4.65. The number of halogens is 2. The summed E-state index contributed by atoms with van der Waals surface area (Å²) in [6.07, 6.45) is 0. The third-order valence-electron chi connectivity index (χ3n) is 2.97. The molecule has 0 aliphatic heterocycles. The number of nitrogens with one attached hydrogen (secondary N) is 2. The van der Waals surface area contributed by atoms with Crippen molar-refractivity contribution in [3.63, 3.8) is 0 Å². The maximum Gasteiger partial charge on any atom is 0.255 e. The lowest BCUT2D eigenvalue weighted by Gasteiger charge is -2.12. The maximum absolute atomic E-state index is 13.6. The van der Waals surface area contributed by atoms with Crippen molar-refractivity contribution in [2.24, 2.45) is 0 Å². The Kier molecular flexibility index (Phi) is 4.90. The SMILES string of the molecule is COc1ccc(C(=O)Nc2c(F)cccc2F)cc1NC(C)=O. The van der Waals surface area contributed by atoms with Crippen LogP contribution in [0.15, 0.2) is 36.4 Å². The molecule has 0 saturated heterocycles. The molecule has 0 aromatic heterocycles. The lowest BCUT2D eigenvalue weighted by molar-refractivity contribution is -0.114. The highest BCUT2D eigenvalue weighted by atomic mass is 19.1. The summed E-state index contributed by atoms with van der Waals surface area (Å²) in [7, 11) is 1.41. The Morgan fingerprint density at radius 2 is 1.70 bits per heavy atom. The highest BCUT2D eigenvalue weighted by molar-refractivity contribution is 6.05. The van der Waals surface area contributed by atoms with Crippen LogP contribution in [0.4, 0.5) is 20.2 Å². The molecular weight excluding hydrogens is 306 g/mol. The van der Waals surface area contributed by atoms with Crippen molar-refractivity contribution in [2.75, 3.05) is 17.7 Å². The van der Waals surface area contributed by atoms with Gasteiger partial charge in [-0.15, -0.1) is 0 Å². The molecule has 0 spiro atoms. The van der Waals surface area contributed by atoms with Crippen LogP contribution in [0.5, 0.6) is 5.75 Å². The first kappa shape index (κ1) is 16.4. The van der Waals surface area contributed by atoms with Gasteiger partial charge in [-0.2, -0.15) is 0 Å². The minimum Gasteiger partial charge on any atom is -0.495 e. The molecule has 0 aliphatic carbocycles. The standard InChI is InChI=1S/C16H14F2N2O3/c1-9(21)19-13-8-10(6-7-14(13)23-2)16(22)20-15-11(17)4-3-5-12(15)18/h3-8H,1-2H3,(H,19,21)(H,20,22). The van der Waals surface area contributed by atoms with Crippen molar-refractivity contribution in [3.8, 4) is 5.75 Å². The first-order valence-corrected chi connectivity index (χ1v) is 6.63. The zero-order valence-electron chi connectivity index (χ0n) is 12.4. The molecule has 2 aromatic rings. The number of carbonyl (C=O) groups is 2. The predicted octanol–water partition coefficient (Wildman–Crippen LogP) is 3.18. The number of methoxy groups -OCH3 is 1. The molecular formula is C16H14F2N2O3. The minimum atomic E-state index is -0.881. The third-order valence-corrected chi connectivity index (χ3v) is 2.97. The number of amides is 2. The first-order valence-electron chi connectivity index (χ1n) is 6.63. The van der Waals surface area contributed by atoms with Crippen molar-refractivity contribution in [1.82, 2.24) is 0 Å². The molecule has 5 nitrogen and oxygen atoms in total. The molecule has 0 aliphatic rings.